The number of hydrogen-bond acceptors (Lipinski definition) is 7. The maximum atomic E-state index is 13.3. The maximum Gasteiger partial charge on any atom is 0.309 e. The van der Waals surface area contributed by atoms with Crippen molar-refractivity contribution in [3.63, 3.8) is 0 Å². The lowest BCUT2D eigenvalue weighted by atomic mass is 9.85. The molecule has 0 bridgehead atoms. The van der Waals surface area contributed by atoms with Gasteiger partial charge in [0.25, 0.3) is 5.91 Å². The van der Waals surface area contributed by atoms with Gasteiger partial charge in [-0.2, -0.15) is 0 Å². The molecular weight excluding hydrogens is 556 g/mol. The molecule has 1 aliphatic rings. The van der Waals surface area contributed by atoms with Gasteiger partial charge in [-0.1, -0.05) is 48.5 Å². The summed E-state index contributed by atoms with van der Waals surface area (Å²) in [6.07, 6.45) is 5.44. The van der Waals surface area contributed by atoms with Gasteiger partial charge in [0.2, 0.25) is 0 Å². The van der Waals surface area contributed by atoms with Gasteiger partial charge < -0.3 is 24.8 Å². The SMILES string of the molecule is CCOc1ccccc1OC1CCCN(c2cncc(NC(=O)c3cccc(-c4cccc(CC(C)(C)C(=O)O)c4)c3)n2)C1. The Hall–Kier alpha value is -4.92. The highest BCUT2D eigenvalue weighted by Gasteiger charge is 2.27. The molecule has 1 aromatic heterocycles. The fourth-order valence-corrected chi connectivity index (χ4v) is 5.29. The summed E-state index contributed by atoms with van der Waals surface area (Å²) in [6.45, 7) is 7.39. The molecule has 3 aromatic carbocycles. The fourth-order valence-electron chi connectivity index (χ4n) is 5.29. The highest BCUT2D eigenvalue weighted by molar-refractivity contribution is 6.04. The average Bonchev–Trinajstić information content (AvgIpc) is 3.02. The average molecular weight is 595 g/mol. The van der Waals surface area contributed by atoms with Gasteiger partial charge in [0.1, 0.15) is 11.9 Å². The Bertz CT molecular complexity index is 1620. The number of rotatable bonds is 11. The van der Waals surface area contributed by atoms with Gasteiger partial charge >= 0.3 is 5.97 Å². The molecule has 1 fully saturated rings. The Labute approximate surface area is 257 Å². The number of piperidine rings is 1. The van der Waals surface area contributed by atoms with Crippen LogP contribution in [0.25, 0.3) is 11.1 Å². The summed E-state index contributed by atoms with van der Waals surface area (Å²) >= 11 is 0. The number of carboxylic acids is 1. The molecule has 0 radical (unpaired) electrons. The lowest BCUT2D eigenvalue weighted by Crippen LogP contribution is -2.41. The van der Waals surface area contributed by atoms with Crippen LogP contribution in [0, 0.1) is 5.41 Å². The van der Waals surface area contributed by atoms with Gasteiger partial charge in [-0.15, -0.1) is 0 Å². The quantitative estimate of drug-likeness (QED) is 0.202. The van der Waals surface area contributed by atoms with Crippen molar-refractivity contribution in [1.29, 1.82) is 0 Å². The molecule has 9 heteroatoms. The smallest absolute Gasteiger partial charge is 0.309 e. The van der Waals surface area contributed by atoms with Gasteiger partial charge in [-0.05, 0) is 81.0 Å². The van der Waals surface area contributed by atoms with E-state index in [1.165, 1.54) is 6.20 Å². The number of nitrogens with one attached hydrogen (secondary N) is 1. The molecule has 0 aliphatic carbocycles. The van der Waals surface area contributed by atoms with Crippen molar-refractivity contribution in [2.75, 3.05) is 29.9 Å². The molecule has 0 spiro atoms. The van der Waals surface area contributed by atoms with Crippen LogP contribution in [0.3, 0.4) is 0 Å². The predicted molar refractivity (Wildman–Crippen MR) is 170 cm³/mol. The molecule has 4 aromatic rings. The Morgan fingerprint density at radius 2 is 1.75 bits per heavy atom. The second-order valence-corrected chi connectivity index (χ2v) is 11.6. The van der Waals surface area contributed by atoms with Crippen LogP contribution >= 0.6 is 0 Å². The highest BCUT2D eigenvalue weighted by Crippen LogP contribution is 2.30. The summed E-state index contributed by atoms with van der Waals surface area (Å²) < 4.78 is 12.0. The van der Waals surface area contributed by atoms with Crippen molar-refractivity contribution < 1.29 is 24.2 Å². The van der Waals surface area contributed by atoms with Gasteiger partial charge in [-0.3, -0.25) is 14.6 Å². The zero-order valence-electron chi connectivity index (χ0n) is 25.3. The first-order valence-electron chi connectivity index (χ1n) is 14.9. The molecule has 1 unspecified atom stereocenters. The van der Waals surface area contributed by atoms with Crippen molar-refractivity contribution in [2.45, 2.75) is 46.1 Å². The summed E-state index contributed by atoms with van der Waals surface area (Å²) in [4.78, 5) is 36.0. The van der Waals surface area contributed by atoms with Gasteiger partial charge in [-0.25, -0.2) is 4.98 Å². The van der Waals surface area contributed by atoms with Crippen LogP contribution in [0.4, 0.5) is 11.6 Å². The van der Waals surface area contributed by atoms with Crippen LogP contribution in [0.5, 0.6) is 11.5 Å². The lowest BCUT2D eigenvalue weighted by Gasteiger charge is -2.33. The fraction of sp³-hybridized carbons (Fsp3) is 0.314. The van der Waals surface area contributed by atoms with Crippen molar-refractivity contribution in [2.24, 2.45) is 5.41 Å². The van der Waals surface area contributed by atoms with Gasteiger partial charge in [0, 0.05) is 12.1 Å². The topological polar surface area (TPSA) is 114 Å². The van der Waals surface area contributed by atoms with Crippen LogP contribution < -0.4 is 19.7 Å². The van der Waals surface area contributed by atoms with Crippen molar-refractivity contribution in [3.8, 4) is 22.6 Å². The van der Waals surface area contributed by atoms with E-state index in [0.29, 0.717) is 36.8 Å². The molecular formula is C35H38N4O5. The lowest BCUT2D eigenvalue weighted by molar-refractivity contribution is -0.146. The summed E-state index contributed by atoms with van der Waals surface area (Å²) in [7, 11) is 0. The summed E-state index contributed by atoms with van der Waals surface area (Å²) in [5.41, 5.74) is 2.28. The molecule has 9 nitrogen and oxygen atoms in total. The number of aliphatic carboxylic acids is 1. The maximum absolute atomic E-state index is 13.3. The number of aromatic nitrogens is 2. The molecule has 1 atom stereocenters. The predicted octanol–water partition coefficient (Wildman–Crippen LogP) is 6.50. The molecule has 44 heavy (non-hydrogen) atoms. The van der Waals surface area contributed by atoms with Crippen molar-refractivity contribution in [3.05, 3.63) is 96.3 Å². The number of benzene rings is 3. The minimum Gasteiger partial charge on any atom is -0.490 e. The largest absolute Gasteiger partial charge is 0.490 e. The Morgan fingerprint density at radius 3 is 2.52 bits per heavy atom. The summed E-state index contributed by atoms with van der Waals surface area (Å²) in [5.74, 6) is 1.35. The number of amides is 1. The monoisotopic (exact) mass is 594 g/mol. The Morgan fingerprint density at radius 1 is 1.00 bits per heavy atom. The molecule has 2 heterocycles. The number of ether oxygens (including phenoxy) is 2. The third kappa shape index (κ3) is 7.53. The first-order valence-corrected chi connectivity index (χ1v) is 14.9. The number of anilines is 2. The van der Waals surface area contributed by atoms with Crippen molar-refractivity contribution >= 4 is 23.5 Å². The second-order valence-electron chi connectivity index (χ2n) is 11.6. The molecule has 2 N–H and O–H groups in total. The number of carbonyl (C=O) groups excluding carboxylic acids is 1. The summed E-state index contributed by atoms with van der Waals surface area (Å²) in [6, 6.07) is 22.8. The second kappa shape index (κ2) is 13.6. The minimum atomic E-state index is -0.882. The number of para-hydroxylation sites is 2. The van der Waals surface area contributed by atoms with E-state index in [9.17, 15) is 14.7 Å². The molecule has 1 saturated heterocycles. The number of carbonyl (C=O) groups is 2. The molecule has 1 amide bonds. The third-order valence-corrected chi connectivity index (χ3v) is 7.62. The van der Waals surface area contributed by atoms with E-state index in [0.717, 1.165) is 47.6 Å². The van der Waals surface area contributed by atoms with Crippen LogP contribution in [0.15, 0.2) is 85.2 Å². The summed E-state index contributed by atoms with van der Waals surface area (Å²) in [5, 5.41) is 12.4. The van der Waals surface area contributed by atoms with Crippen molar-refractivity contribution in [1.82, 2.24) is 9.97 Å². The number of carboxylic acid groups (broad SMARTS) is 1. The van der Waals surface area contributed by atoms with Gasteiger partial charge in [0.15, 0.2) is 17.3 Å². The normalized spacial score (nSPS) is 15.0. The molecule has 5 rings (SSSR count). The van der Waals surface area contributed by atoms with E-state index in [4.69, 9.17) is 14.5 Å². The zero-order chi connectivity index (χ0) is 31.1. The van der Waals surface area contributed by atoms with E-state index < -0.39 is 11.4 Å². The van der Waals surface area contributed by atoms with Crippen LogP contribution in [-0.4, -0.2) is 52.8 Å². The Balaban J connectivity index is 1.26. The van der Waals surface area contributed by atoms with Crippen LogP contribution in [0.1, 0.15) is 49.5 Å². The first kappa shape index (κ1) is 30.5. The molecule has 0 saturated carbocycles. The van der Waals surface area contributed by atoms with E-state index in [1.54, 1.807) is 26.1 Å². The third-order valence-electron chi connectivity index (χ3n) is 7.62. The standard InChI is InChI=1S/C35H38N4O5/c1-4-43-29-15-5-6-16-30(29)44-28-14-9-17-39(23-28)32-22-36-21-31(37-32)38-33(40)27-13-8-12-26(19-27)25-11-7-10-24(18-25)20-35(2,3)34(41)42/h5-8,10-13,15-16,18-19,21-22,28H,4,9,14,17,20,23H2,1-3H3,(H,41,42)(H,37,38,40). The molecule has 228 valence electrons. The molecule has 1 aliphatic heterocycles. The number of hydrogen-bond donors (Lipinski definition) is 2. The van der Waals surface area contributed by atoms with Crippen LogP contribution in [0.2, 0.25) is 0 Å². The minimum absolute atomic E-state index is 0.0400. The highest BCUT2D eigenvalue weighted by atomic mass is 16.5. The van der Waals surface area contributed by atoms with Crippen LogP contribution in [-0.2, 0) is 11.2 Å². The van der Waals surface area contributed by atoms with E-state index >= 15 is 0 Å². The number of nitrogens with zero attached hydrogens (tertiary/aromatic N) is 3. The van der Waals surface area contributed by atoms with E-state index in [2.05, 4.69) is 15.2 Å². The van der Waals surface area contributed by atoms with E-state index in [-0.39, 0.29) is 12.0 Å². The first-order chi connectivity index (χ1) is 21.2. The zero-order valence-corrected chi connectivity index (χ0v) is 25.3. The van der Waals surface area contributed by atoms with Gasteiger partial charge in [0.05, 0.1) is 31.0 Å². The van der Waals surface area contributed by atoms with E-state index in [1.807, 2.05) is 73.7 Å². The Kier molecular flexibility index (Phi) is 9.43.